The second-order valence-corrected chi connectivity index (χ2v) is 5.22. The maximum atomic E-state index is 13.4. The van der Waals surface area contributed by atoms with Crippen molar-refractivity contribution in [1.29, 1.82) is 0 Å². The molecule has 2 rings (SSSR count). The van der Waals surface area contributed by atoms with E-state index in [1.54, 1.807) is 24.3 Å². The van der Waals surface area contributed by atoms with E-state index in [0.29, 0.717) is 22.4 Å². The summed E-state index contributed by atoms with van der Waals surface area (Å²) in [5.41, 5.74) is 1.56. The third kappa shape index (κ3) is 3.79. The number of carbonyl (C=O) groups is 1. The lowest BCUT2D eigenvalue weighted by molar-refractivity contribution is 0.0600. The van der Waals surface area contributed by atoms with Crippen molar-refractivity contribution in [2.45, 2.75) is 6.92 Å². The van der Waals surface area contributed by atoms with Gasteiger partial charge in [-0.3, -0.25) is 0 Å². The molecule has 1 aromatic rings. The average molecular weight is 341 g/mol. The molecule has 0 N–H and O–H groups in total. The van der Waals surface area contributed by atoms with Crippen molar-refractivity contribution >= 4 is 23.1 Å². The normalized spacial score (nSPS) is 15.2. The van der Waals surface area contributed by atoms with Gasteiger partial charge in [-0.2, -0.15) is 0 Å². The summed E-state index contributed by atoms with van der Waals surface area (Å²) in [6.07, 6.45) is 2.90. The molecule has 0 fully saturated rings. The molecule has 0 amide bonds. The van der Waals surface area contributed by atoms with Crippen molar-refractivity contribution in [3.8, 4) is 5.75 Å². The van der Waals surface area contributed by atoms with Crippen molar-refractivity contribution in [3.63, 3.8) is 0 Å². The van der Waals surface area contributed by atoms with Gasteiger partial charge in [0.1, 0.15) is 24.9 Å². The van der Waals surface area contributed by atoms with Gasteiger partial charge in [0, 0.05) is 5.56 Å². The maximum absolute atomic E-state index is 13.4. The van der Waals surface area contributed by atoms with Gasteiger partial charge in [-0.25, -0.2) is 13.6 Å². The van der Waals surface area contributed by atoms with Crippen LogP contribution in [0.25, 0.3) is 5.57 Å². The average Bonchev–Trinajstić information content (AvgIpc) is 2.57. The molecule has 3 nitrogen and oxygen atoms in total. The highest BCUT2D eigenvalue weighted by atomic mass is 35.5. The van der Waals surface area contributed by atoms with Crippen molar-refractivity contribution in [3.05, 3.63) is 57.9 Å². The zero-order chi connectivity index (χ0) is 17.0. The van der Waals surface area contributed by atoms with Gasteiger partial charge in [0.05, 0.1) is 17.7 Å². The van der Waals surface area contributed by atoms with Crippen LogP contribution < -0.4 is 4.74 Å². The number of carbonyl (C=O) groups excluding carboxylic acids is 1. The molecule has 0 unspecified atom stereocenters. The molecule has 122 valence electrons. The van der Waals surface area contributed by atoms with Gasteiger partial charge in [-0.1, -0.05) is 11.6 Å². The fourth-order valence-electron chi connectivity index (χ4n) is 2.18. The number of ether oxygens (including phenoxy) is 2. The number of methoxy groups -OCH3 is 1. The van der Waals surface area contributed by atoms with Crippen LogP contribution in [0.4, 0.5) is 8.78 Å². The summed E-state index contributed by atoms with van der Waals surface area (Å²) < 4.78 is 36.7. The number of halogens is 3. The Balaban J connectivity index is 2.52. The topological polar surface area (TPSA) is 35.5 Å². The number of allylic oxidation sites excluding steroid dienone is 5. The number of alkyl halides is 1. The molecule has 0 aliphatic carbocycles. The summed E-state index contributed by atoms with van der Waals surface area (Å²) >= 11 is 5.77. The SMILES string of the molecule is COC(=O)c1ccc2c(c1)C(/C(=C/C(Cl)=C(\C)F)CF)=CCO2. The molecule has 0 atom stereocenters. The lowest BCUT2D eigenvalue weighted by atomic mass is 9.94. The lowest BCUT2D eigenvalue weighted by Gasteiger charge is -2.20. The molecule has 1 aromatic carbocycles. The first kappa shape index (κ1) is 17.2. The Bertz CT molecular complexity index is 717. The molecule has 0 spiro atoms. The summed E-state index contributed by atoms with van der Waals surface area (Å²) in [6.45, 7) is 0.598. The Kier molecular flexibility index (Phi) is 5.55. The molecule has 1 aliphatic rings. The number of benzene rings is 1. The van der Waals surface area contributed by atoms with Crippen LogP contribution in [0.3, 0.4) is 0 Å². The second-order valence-electron chi connectivity index (χ2n) is 4.82. The summed E-state index contributed by atoms with van der Waals surface area (Å²) in [6, 6.07) is 4.73. The van der Waals surface area contributed by atoms with Crippen LogP contribution in [-0.4, -0.2) is 26.4 Å². The molecule has 0 aromatic heterocycles. The van der Waals surface area contributed by atoms with Gasteiger partial charge in [-0.05, 0) is 48.4 Å². The zero-order valence-electron chi connectivity index (χ0n) is 12.7. The van der Waals surface area contributed by atoms with E-state index in [1.807, 2.05) is 0 Å². The zero-order valence-corrected chi connectivity index (χ0v) is 13.4. The third-order valence-electron chi connectivity index (χ3n) is 3.34. The molecular weight excluding hydrogens is 326 g/mol. The number of esters is 1. The van der Waals surface area contributed by atoms with Crippen LogP contribution in [0.5, 0.6) is 5.75 Å². The number of rotatable bonds is 4. The summed E-state index contributed by atoms with van der Waals surface area (Å²) in [4.78, 5) is 11.7. The summed E-state index contributed by atoms with van der Waals surface area (Å²) in [5.74, 6) is -0.610. The van der Waals surface area contributed by atoms with Crippen molar-refractivity contribution in [1.82, 2.24) is 0 Å². The van der Waals surface area contributed by atoms with E-state index in [4.69, 9.17) is 16.3 Å². The van der Waals surface area contributed by atoms with Crippen LogP contribution in [0.2, 0.25) is 0 Å². The highest BCUT2D eigenvalue weighted by Gasteiger charge is 2.20. The first-order valence-corrected chi connectivity index (χ1v) is 7.20. The second kappa shape index (κ2) is 7.42. The van der Waals surface area contributed by atoms with E-state index >= 15 is 0 Å². The molecule has 23 heavy (non-hydrogen) atoms. The predicted molar refractivity (Wildman–Crippen MR) is 85.0 cm³/mol. The van der Waals surface area contributed by atoms with Crippen LogP contribution in [0, 0.1) is 0 Å². The van der Waals surface area contributed by atoms with Crippen molar-refractivity contribution in [2.24, 2.45) is 0 Å². The largest absolute Gasteiger partial charge is 0.489 e. The fourth-order valence-corrected chi connectivity index (χ4v) is 2.31. The van der Waals surface area contributed by atoms with E-state index in [0.717, 1.165) is 0 Å². The van der Waals surface area contributed by atoms with Crippen molar-refractivity contribution in [2.75, 3.05) is 20.4 Å². The van der Waals surface area contributed by atoms with Gasteiger partial charge in [-0.15, -0.1) is 0 Å². The van der Waals surface area contributed by atoms with Crippen LogP contribution >= 0.6 is 11.6 Å². The first-order valence-electron chi connectivity index (χ1n) is 6.82. The van der Waals surface area contributed by atoms with Crippen LogP contribution in [-0.2, 0) is 4.74 Å². The highest BCUT2D eigenvalue weighted by molar-refractivity contribution is 6.31. The minimum absolute atomic E-state index is 0.171. The Labute approximate surface area is 137 Å². The van der Waals surface area contributed by atoms with Gasteiger partial charge < -0.3 is 9.47 Å². The van der Waals surface area contributed by atoms with Crippen molar-refractivity contribution < 1.29 is 23.0 Å². The van der Waals surface area contributed by atoms with Gasteiger partial charge in [0.2, 0.25) is 0 Å². The summed E-state index contributed by atoms with van der Waals surface area (Å²) in [7, 11) is 1.27. The maximum Gasteiger partial charge on any atom is 0.337 e. The molecule has 1 aliphatic heterocycles. The standard InChI is InChI=1S/C17H15ClF2O3/c1-10(20)15(18)8-12(9-19)13-5-6-23-16-4-3-11(7-14(13)16)17(21)22-2/h3-5,7-8H,6,9H2,1-2H3/b12-8+,15-10-. The van der Waals surface area contributed by atoms with Gasteiger partial charge in [0.25, 0.3) is 0 Å². The summed E-state index contributed by atoms with van der Waals surface area (Å²) in [5, 5.41) is -0.171. The Morgan fingerprint density at radius 2 is 2.22 bits per heavy atom. The Morgan fingerprint density at radius 3 is 2.83 bits per heavy atom. The van der Waals surface area contributed by atoms with E-state index in [9.17, 15) is 13.6 Å². The molecule has 0 saturated heterocycles. The lowest BCUT2D eigenvalue weighted by Crippen LogP contribution is -2.09. The number of hydrogen-bond donors (Lipinski definition) is 0. The Morgan fingerprint density at radius 1 is 1.48 bits per heavy atom. The van der Waals surface area contributed by atoms with E-state index < -0.39 is 18.5 Å². The Hall–Kier alpha value is -2.14. The smallest absolute Gasteiger partial charge is 0.337 e. The quantitative estimate of drug-likeness (QED) is 0.594. The fraction of sp³-hybridized carbons (Fsp3) is 0.235. The predicted octanol–water partition coefficient (Wildman–Crippen LogP) is 4.58. The molecule has 6 heteroatoms. The highest BCUT2D eigenvalue weighted by Crippen LogP contribution is 2.36. The molecule has 0 saturated carbocycles. The van der Waals surface area contributed by atoms with Gasteiger partial charge >= 0.3 is 5.97 Å². The van der Waals surface area contributed by atoms with Crippen LogP contribution in [0.1, 0.15) is 22.8 Å². The van der Waals surface area contributed by atoms with E-state index in [1.165, 1.54) is 20.1 Å². The minimum atomic E-state index is -0.836. The number of fused-ring (bicyclic) bond motifs is 1. The monoisotopic (exact) mass is 340 g/mol. The van der Waals surface area contributed by atoms with Crippen LogP contribution in [0.15, 0.2) is 46.8 Å². The minimum Gasteiger partial charge on any atom is -0.489 e. The molecule has 0 radical (unpaired) electrons. The third-order valence-corrected chi connectivity index (χ3v) is 3.71. The molecule has 1 heterocycles. The van der Waals surface area contributed by atoms with Gasteiger partial charge in [0.15, 0.2) is 0 Å². The number of hydrogen-bond acceptors (Lipinski definition) is 3. The van der Waals surface area contributed by atoms with E-state index in [2.05, 4.69) is 4.74 Å². The molecule has 0 bridgehead atoms. The van der Waals surface area contributed by atoms with E-state index in [-0.39, 0.29) is 17.2 Å². The first-order chi connectivity index (χ1) is 11.0. The molecular formula is C17H15ClF2O3.